The number of hydrogen-bond donors (Lipinski definition) is 0. The molecule has 0 radical (unpaired) electrons. The molecule has 0 aromatic carbocycles. The van der Waals surface area contributed by atoms with Gasteiger partial charge in [-0.3, -0.25) is 4.79 Å². The van der Waals surface area contributed by atoms with Crippen LogP contribution in [0.2, 0.25) is 0 Å². The summed E-state index contributed by atoms with van der Waals surface area (Å²) in [6.07, 6.45) is 1.70. The van der Waals surface area contributed by atoms with Gasteiger partial charge in [0.1, 0.15) is 0 Å². The summed E-state index contributed by atoms with van der Waals surface area (Å²) in [4.78, 5) is 11.5. The van der Waals surface area contributed by atoms with Crippen LogP contribution in [0.15, 0.2) is 10.2 Å². The largest absolute Gasteiger partial charge is 0.307 e. The maximum atomic E-state index is 11.4. The topological polar surface area (TPSA) is 45.8 Å². The summed E-state index contributed by atoms with van der Waals surface area (Å²) in [5, 5.41) is 10.7. The molecule has 15 heavy (non-hydrogen) atoms. The van der Waals surface area contributed by atoms with Crippen LogP contribution in [0, 0.1) is 23.7 Å². The lowest BCUT2D eigenvalue weighted by Gasteiger charge is -2.14. The Morgan fingerprint density at radius 3 is 2.73 bits per heavy atom. The zero-order chi connectivity index (χ0) is 11.5. The second-order valence-corrected chi connectivity index (χ2v) is 5.21. The molecular weight excluding hydrogens is 208 g/mol. The molecule has 0 aliphatic rings. The zero-order valence-corrected chi connectivity index (χ0v) is 10.2. The lowest BCUT2D eigenvalue weighted by molar-refractivity contribution is 0.413. The number of thiazole rings is 1. The third-order valence-electron chi connectivity index (χ3n) is 2.46. The average molecular weight is 224 g/mol. The van der Waals surface area contributed by atoms with Crippen LogP contribution in [0.25, 0.3) is 0 Å². The van der Waals surface area contributed by atoms with E-state index in [-0.39, 0.29) is 10.3 Å². The van der Waals surface area contributed by atoms with Gasteiger partial charge in [-0.15, -0.1) is 0 Å². The first-order valence-electron chi connectivity index (χ1n) is 5.02. The normalized spacial score (nSPS) is 11.3. The fraction of sp³-hybridized carbons (Fsp3) is 0.636. The van der Waals surface area contributed by atoms with Crippen LogP contribution in [0.5, 0.6) is 0 Å². The molecule has 1 heterocycles. The second-order valence-electron chi connectivity index (χ2n) is 4.39. The third kappa shape index (κ3) is 3.21. The van der Waals surface area contributed by atoms with Crippen LogP contribution in [0.4, 0.5) is 0 Å². The Balaban J connectivity index is 2.53. The summed E-state index contributed by atoms with van der Waals surface area (Å²) in [5.41, 5.74) is 0.729. The fourth-order valence-electron chi connectivity index (χ4n) is 1.41. The molecule has 4 heteroatoms. The molecule has 0 N–H and O–H groups in total. The summed E-state index contributed by atoms with van der Waals surface area (Å²) in [6.45, 7) is 6.51. The van der Waals surface area contributed by atoms with Crippen LogP contribution in [-0.2, 0) is 6.54 Å². The summed E-state index contributed by atoms with van der Waals surface area (Å²) >= 11 is 1.24. The van der Waals surface area contributed by atoms with Crippen LogP contribution < -0.4 is 4.87 Å². The minimum absolute atomic E-state index is 0.0993. The highest BCUT2D eigenvalue weighted by Crippen LogP contribution is 2.21. The van der Waals surface area contributed by atoms with E-state index in [9.17, 15) is 4.79 Å². The van der Waals surface area contributed by atoms with Gasteiger partial charge < -0.3 is 4.57 Å². The molecule has 1 rings (SSSR count). The highest BCUT2D eigenvalue weighted by molar-refractivity contribution is 7.07. The van der Waals surface area contributed by atoms with Gasteiger partial charge in [0.25, 0.3) is 0 Å². The van der Waals surface area contributed by atoms with Crippen molar-refractivity contribution in [1.29, 1.82) is 5.26 Å². The first-order valence-corrected chi connectivity index (χ1v) is 5.90. The zero-order valence-electron chi connectivity index (χ0n) is 9.41. The molecule has 1 aromatic rings. The molecule has 0 aliphatic carbocycles. The van der Waals surface area contributed by atoms with Gasteiger partial charge in [0, 0.05) is 17.6 Å². The SMILES string of the molecule is Cc1csc(=O)n1CCCC(C)(C)C#N. The van der Waals surface area contributed by atoms with E-state index < -0.39 is 0 Å². The van der Waals surface area contributed by atoms with Crippen molar-refractivity contribution in [3.05, 3.63) is 20.7 Å². The lowest BCUT2D eigenvalue weighted by Crippen LogP contribution is -2.16. The number of hydrogen-bond acceptors (Lipinski definition) is 3. The standard InChI is InChI=1S/C11H16N2OS/c1-9-7-15-10(14)13(9)6-4-5-11(2,3)8-12/h7H,4-6H2,1-3H3. The van der Waals surface area contributed by atoms with E-state index in [2.05, 4.69) is 6.07 Å². The monoisotopic (exact) mass is 224 g/mol. The van der Waals surface area contributed by atoms with Crippen molar-refractivity contribution in [2.75, 3.05) is 0 Å². The third-order valence-corrected chi connectivity index (χ3v) is 3.34. The van der Waals surface area contributed by atoms with Crippen molar-refractivity contribution in [1.82, 2.24) is 4.57 Å². The van der Waals surface area contributed by atoms with Gasteiger partial charge in [0.05, 0.1) is 11.5 Å². The highest BCUT2D eigenvalue weighted by atomic mass is 32.1. The van der Waals surface area contributed by atoms with Gasteiger partial charge in [-0.25, -0.2) is 0 Å². The lowest BCUT2D eigenvalue weighted by atomic mass is 9.90. The minimum atomic E-state index is -0.284. The molecule has 82 valence electrons. The Kier molecular flexibility index (Phi) is 3.70. The molecule has 1 aromatic heterocycles. The summed E-state index contributed by atoms with van der Waals surface area (Å²) in [6, 6.07) is 2.27. The summed E-state index contributed by atoms with van der Waals surface area (Å²) < 4.78 is 1.78. The number of aromatic nitrogens is 1. The van der Waals surface area contributed by atoms with Crippen LogP contribution in [0.3, 0.4) is 0 Å². The Hall–Kier alpha value is -1.08. The Labute approximate surface area is 94.0 Å². The molecule has 0 unspecified atom stereocenters. The van der Waals surface area contributed by atoms with Crippen molar-refractivity contribution in [3.63, 3.8) is 0 Å². The second kappa shape index (κ2) is 4.63. The van der Waals surface area contributed by atoms with E-state index in [1.807, 2.05) is 26.2 Å². The van der Waals surface area contributed by atoms with E-state index in [1.165, 1.54) is 11.3 Å². The maximum absolute atomic E-state index is 11.4. The van der Waals surface area contributed by atoms with Gasteiger partial charge in [0.15, 0.2) is 0 Å². The number of nitriles is 1. The minimum Gasteiger partial charge on any atom is -0.303 e. The van der Waals surface area contributed by atoms with E-state index in [1.54, 1.807) is 4.57 Å². The fourth-order valence-corrected chi connectivity index (χ4v) is 2.17. The first kappa shape index (κ1) is 12.0. The van der Waals surface area contributed by atoms with E-state index >= 15 is 0 Å². The molecular formula is C11H16N2OS. The van der Waals surface area contributed by atoms with Crippen molar-refractivity contribution in [2.24, 2.45) is 5.41 Å². The predicted octanol–water partition coefficient (Wildman–Crippen LogP) is 2.55. The molecule has 0 fully saturated rings. The molecule has 3 nitrogen and oxygen atoms in total. The van der Waals surface area contributed by atoms with Gasteiger partial charge >= 0.3 is 4.87 Å². The first-order chi connectivity index (χ1) is 6.96. The van der Waals surface area contributed by atoms with Crippen LogP contribution in [-0.4, -0.2) is 4.57 Å². The van der Waals surface area contributed by atoms with Gasteiger partial charge in [-0.2, -0.15) is 5.26 Å². The van der Waals surface area contributed by atoms with Gasteiger partial charge in [-0.1, -0.05) is 11.3 Å². The van der Waals surface area contributed by atoms with E-state index in [0.717, 1.165) is 25.1 Å². The van der Waals surface area contributed by atoms with Crippen molar-refractivity contribution < 1.29 is 0 Å². The summed E-state index contributed by atoms with van der Waals surface area (Å²) in [7, 11) is 0. The van der Waals surface area contributed by atoms with Crippen LogP contribution >= 0.6 is 11.3 Å². The predicted molar refractivity (Wildman–Crippen MR) is 61.9 cm³/mol. The molecule has 0 saturated heterocycles. The highest BCUT2D eigenvalue weighted by Gasteiger charge is 2.16. The maximum Gasteiger partial charge on any atom is 0.307 e. The Morgan fingerprint density at radius 2 is 2.27 bits per heavy atom. The molecule has 0 bridgehead atoms. The van der Waals surface area contributed by atoms with Crippen molar-refractivity contribution in [2.45, 2.75) is 40.2 Å². The Morgan fingerprint density at radius 1 is 1.60 bits per heavy atom. The molecule has 0 atom stereocenters. The average Bonchev–Trinajstić information content (AvgIpc) is 2.49. The molecule has 0 amide bonds. The number of aryl methyl sites for hydroxylation is 1. The number of rotatable bonds is 4. The van der Waals surface area contributed by atoms with E-state index in [0.29, 0.717) is 0 Å². The van der Waals surface area contributed by atoms with Crippen molar-refractivity contribution in [3.8, 4) is 6.07 Å². The van der Waals surface area contributed by atoms with Gasteiger partial charge in [0.2, 0.25) is 0 Å². The molecule has 0 saturated carbocycles. The summed E-state index contributed by atoms with van der Waals surface area (Å²) in [5.74, 6) is 0. The quantitative estimate of drug-likeness (QED) is 0.789. The van der Waals surface area contributed by atoms with Crippen molar-refractivity contribution >= 4 is 11.3 Å². The Bertz CT molecular complexity index is 423. The van der Waals surface area contributed by atoms with E-state index in [4.69, 9.17) is 5.26 Å². The smallest absolute Gasteiger partial charge is 0.303 e. The molecule has 0 aliphatic heterocycles. The van der Waals surface area contributed by atoms with Gasteiger partial charge in [-0.05, 0) is 33.6 Å². The van der Waals surface area contributed by atoms with Crippen LogP contribution in [0.1, 0.15) is 32.4 Å². The number of nitrogens with zero attached hydrogens (tertiary/aromatic N) is 2. The molecule has 0 spiro atoms.